The summed E-state index contributed by atoms with van der Waals surface area (Å²) in [5, 5.41) is 11.3. The number of fused-ring (bicyclic) bond motifs is 2. The van der Waals surface area contributed by atoms with Crippen LogP contribution in [0.4, 0.5) is 15.8 Å². The summed E-state index contributed by atoms with van der Waals surface area (Å²) < 4.78 is 13.8. The van der Waals surface area contributed by atoms with Crippen LogP contribution in [-0.4, -0.2) is 17.1 Å². The molecule has 0 bridgehead atoms. The Morgan fingerprint density at radius 2 is 1.91 bits per heavy atom. The number of aromatic nitrogens is 1. The third kappa shape index (κ3) is 3.97. The fourth-order valence-corrected chi connectivity index (χ4v) is 5.91. The fourth-order valence-electron chi connectivity index (χ4n) is 5.91. The van der Waals surface area contributed by atoms with Gasteiger partial charge in [0.05, 0.1) is 5.52 Å². The summed E-state index contributed by atoms with van der Waals surface area (Å²) in [5.74, 6) is 1.87. The van der Waals surface area contributed by atoms with E-state index in [2.05, 4.69) is 10.3 Å². The molecule has 6 heteroatoms. The zero-order chi connectivity index (χ0) is 22.2. The molecule has 0 radical (unpaired) electrons. The third-order valence-corrected chi connectivity index (χ3v) is 7.29. The van der Waals surface area contributed by atoms with Gasteiger partial charge in [-0.2, -0.15) is 0 Å². The van der Waals surface area contributed by atoms with Crippen molar-refractivity contribution in [1.29, 1.82) is 5.41 Å². The normalized spacial score (nSPS) is 24.4. The SMILES string of the molecule is N=Cc1cc(NC(=O)CC2CC3CC(c4ccnc5ccc(F)cc45)CC3C2)ccc1N. The first-order valence-corrected chi connectivity index (χ1v) is 11.2. The molecule has 0 aliphatic heterocycles. The number of carbonyl (C=O) groups excluding carboxylic acids is 1. The molecule has 0 saturated heterocycles. The Balaban J connectivity index is 1.21. The predicted octanol–water partition coefficient (Wildman–Crippen LogP) is 5.50. The van der Waals surface area contributed by atoms with Gasteiger partial charge in [0.15, 0.2) is 0 Å². The van der Waals surface area contributed by atoms with Gasteiger partial charge in [-0.25, -0.2) is 4.39 Å². The molecule has 164 valence electrons. The van der Waals surface area contributed by atoms with Crippen LogP contribution in [0.1, 0.15) is 49.1 Å². The van der Waals surface area contributed by atoms with E-state index in [1.807, 2.05) is 12.3 Å². The van der Waals surface area contributed by atoms with Crippen molar-refractivity contribution in [3.8, 4) is 0 Å². The van der Waals surface area contributed by atoms with Gasteiger partial charge in [0.2, 0.25) is 5.91 Å². The standard InChI is InChI=1S/C26H27FN4O/c27-20-1-4-25-23(13-20)22(5-6-30-25)18-10-16-7-15(8-17(16)11-18)9-26(32)31-21-2-3-24(29)19(12-21)14-28/h1-6,12-18,28H,7-11,29H2,(H,31,32). The highest BCUT2D eigenvalue weighted by Crippen LogP contribution is 2.53. The van der Waals surface area contributed by atoms with Crippen LogP contribution >= 0.6 is 0 Å². The lowest BCUT2D eigenvalue weighted by atomic mass is 9.89. The van der Waals surface area contributed by atoms with Crippen molar-refractivity contribution in [2.45, 2.75) is 38.0 Å². The van der Waals surface area contributed by atoms with E-state index < -0.39 is 0 Å². The molecule has 2 fully saturated rings. The Kier molecular flexibility index (Phi) is 5.37. The first-order chi connectivity index (χ1) is 15.5. The van der Waals surface area contributed by atoms with Crippen LogP contribution in [0.5, 0.6) is 0 Å². The van der Waals surface area contributed by atoms with Crippen molar-refractivity contribution in [2.75, 3.05) is 11.1 Å². The number of amides is 1. The number of rotatable bonds is 5. The van der Waals surface area contributed by atoms with Gasteiger partial charge in [-0.15, -0.1) is 0 Å². The van der Waals surface area contributed by atoms with Crippen LogP contribution in [0.15, 0.2) is 48.7 Å². The Morgan fingerprint density at radius 3 is 2.66 bits per heavy atom. The number of carbonyl (C=O) groups is 1. The highest BCUT2D eigenvalue weighted by molar-refractivity contribution is 5.93. The molecule has 4 N–H and O–H groups in total. The highest BCUT2D eigenvalue weighted by Gasteiger charge is 2.42. The molecular formula is C26H27FN4O. The molecule has 5 nitrogen and oxygen atoms in total. The second kappa shape index (κ2) is 8.34. The molecule has 5 rings (SSSR count). The van der Waals surface area contributed by atoms with Crippen LogP contribution in [0.3, 0.4) is 0 Å². The van der Waals surface area contributed by atoms with Crippen LogP contribution in [0.25, 0.3) is 10.9 Å². The lowest BCUT2D eigenvalue weighted by Crippen LogP contribution is -2.16. The molecular weight excluding hydrogens is 403 g/mol. The summed E-state index contributed by atoms with van der Waals surface area (Å²) in [7, 11) is 0. The summed E-state index contributed by atoms with van der Waals surface area (Å²) in [4.78, 5) is 17.0. The predicted molar refractivity (Wildman–Crippen MR) is 125 cm³/mol. The van der Waals surface area contributed by atoms with E-state index in [1.165, 1.54) is 17.8 Å². The number of halogens is 1. The van der Waals surface area contributed by atoms with Gasteiger partial charge in [0, 0.05) is 41.2 Å². The Hall–Kier alpha value is -3.28. The van der Waals surface area contributed by atoms with Gasteiger partial charge >= 0.3 is 0 Å². The number of pyridine rings is 1. The molecule has 2 saturated carbocycles. The average Bonchev–Trinajstić information content (AvgIpc) is 3.33. The summed E-state index contributed by atoms with van der Waals surface area (Å²) in [5.41, 5.74) is 9.69. The number of nitrogens with two attached hydrogens (primary N) is 1. The molecule has 1 aromatic heterocycles. The fraction of sp³-hybridized carbons (Fsp3) is 0.346. The smallest absolute Gasteiger partial charge is 0.224 e. The number of hydrogen-bond acceptors (Lipinski definition) is 4. The molecule has 2 atom stereocenters. The first-order valence-electron chi connectivity index (χ1n) is 11.2. The van der Waals surface area contributed by atoms with Crippen molar-refractivity contribution in [3.05, 3.63) is 65.6 Å². The molecule has 2 aliphatic carbocycles. The number of nitrogen functional groups attached to an aromatic ring is 1. The van der Waals surface area contributed by atoms with Gasteiger partial charge in [0.1, 0.15) is 5.82 Å². The molecule has 3 aromatic rings. The first kappa shape index (κ1) is 20.6. The second-order valence-electron chi connectivity index (χ2n) is 9.33. The average molecular weight is 431 g/mol. The lowest BCUT2D eigenvalue weighted by molar-refractivity contribution is -0.117. The van der Waals surface area contributed by atoms with Crippen LogP contribution in [0.2, 0.25) is 0 Å². The maximum absolute atomic E-state index is 13.8. The monoisotopic (exact) mass is 430 g/mol. The third-order valence-electron chi connectivity index (χ3n) is 7.29. The van der Waals surface area contributed by atoms with Crippen LogP contribution < -0.4 is 11.1 Å². The van der Waals surface area contributed by atoms with Gasteiger partial charge in [0.25, 0.3) is 0 Å². The number of nitrogens with zero attached hydrogens (tertiary/aromatic N) is 1. The Morgan fingerprint density at radius 1 is 1.12 bits per heavy atom. The van der Waals surface area contributed by atoms with E-state index in [-0.39, 0.29) is 11.7 Å². The summed E-state index contributed by atoms with van der Waals surface area (Å²) in [6.07, 6.45) is 7.88. The van der Waals surface area contributed by atoms with E-state index in [4.69, 9.17) is 11.1 Å². The molecule has 32 heavy (non-hydrogen) atoms. The van der Waals surface area contributed by atoms with E-state index >= 15 is 0 Å². The van der Waals surface area contributed by atoms with Crippen LogP contribution in [-0.2, 0) is 4.79 Å². The molecule has 2 unspecified atom stereocenters. The topological polar surface area (TPSA) is 91.9 Å². The quantitative estimate of drug-likeness (QED) is 0.368. The van der Waals surface area contributed by atoms with Crippen LogP contribution in [0, 0.1) is 29.0 Å². The minimum absolute atomic E-state index is 0.0165. The van der Waals surface area contributed by atoms with Gasteiger partial charge < -0.3 is 16.5 Å². The minimum Gasteiger partial charge on any atom is -0.398 e. The van der Waals surface area contributed by atoms with Gasteiger partial charge in [-0.3, -0.25) is 9.78 Å². The Labute approximate surface area is 186 Å². The number of benzene rings is 2. The summed E-state index contributed by atoms with van der Waals surface area (Å²) in [6, 6.07) is 12.1. The minimum atomic E-state index is -0.218. The number of anilines is 2. The highest BCUT2D eigenvalue weighted by atomic mass is 19.1. The second-order valence-corrected chi connectivity index (χ2v) is 9.33. The van der Waals surface area contributed by atoms with Crippen molar-refractivity contribution in [3.63, 3.8) is 0 Å². The van der Waals surface area contributed by atoms with Crippen molar-refractivity contribution in [1.82, 2.24) is 4.98 Å². The molecule has 2 aliphatic rings. The van der Waals surface area contributed by atoms with Gasteiger partial charge in [-0.05, 0) is 97.4 Å². The summed E-state index contributed by atoms with van der Waals surface area (Å²) in [6.45, 7) is 0. The number of nitrogens with one attached hydrogen (secondary N) is 2. The number of hydrogen-bond donors (Lipinski definition) is 3. The van der Waals surface area contributed by atoms with Crippen molar-refractivity contribution >= 4 is 34.4 Å². The van der Waals surface area contributed by atoms with E-state index in [0.717, 1.165) is 36.6 Å². The Bertz CT molecular complexity index is 1180. The molecule has 1 amide bonds. The maximum atomic E-state index is 13.8. The van der Waals surface area contributed by atoms with E-state index in [1.54, 1.807) is 30.3 Å². The van der Waals surface area contributed by atoms with E-state index in [0.29, 0.717) is 47.0 Å². The summed E-state index contributed by atoms with van der Waals surface area (Å²) >= 11 is 0. The lowest BCUT2D eigenvalue weighted by Gasteiger charge is -2.17. The van der Waals surface area contributed by atoms with Crippen molar-refractivity contribution in [2.24, 2.45) is 17.8 Å². The van der Waals surface area contributed by atoms with E-state index in [9.17, 15) is 9.18 Å². The zero-order valence-corrected chi connectivity index (χ0v) is 17.9. The molecule has 0 spiro atoms. The van der Waals surface area contributed by atoms with Gasteiger partial charge in [-0.1, -0.05) is 0 Å². The maximum Gasteiger partial charge on any atom is 0.224 e. The largest absolute Gasteiger partial charge is 0.398 e. The zero-order valence-electron chi connectivity index (χ0n) is 17.9. The molecule has 1 heterocycles. The van der Waals surface area contributed by atoms with Crippen molar-refractivity contribution < 1.29 is 9.18 Å². The molecule has 2 aromatic carbocycles.